The lowest BCUT2D eigenvalue weighted by molar-refractivity contribution is 0.575. The van der Waals surface area contributed by atoms with Crippen LogP contribution in [0.1, 0.15) is 12.5 Å². The Kier molecular flexibility index (Phi) is 4.03. The molecule has 1 N–H and O–H groups in total. The first kappa shape index (κ1) is 11.9. The van der Waals surface area contributed by atoms with E-state index in [1.807, 2.05) is 6.92 Å². The van der Waals surface area contributed by atoms with Crippen LogP contribution in [0.5, 0.6) is 0 Å². The molecule has 0 aliphatic carbocycles. The second kappa shape index (κ2) is 5.07. The Hall–Kier alpha value is -1.16. The monoisotopic (exact) mass is 214 g/mol. The van der Waals surface area contributed by atoms with Gasteiger partial charge in [-0.15, -0.1) is 0 Å². The number of hydrogen-bond donors (Lipinski definition) is 1. The highest BCUT2D eigenvalue weighted by atomic mass is 19.1. The third-order valence-corrected chi connectivity index (χ3v) is 2.10. The van der Waals surface area contributed by atoms with Crippen molar-refractivity contribution in [2.75, 3.05) is 25.5 Å². The van der Waals surface area contributed by atoms with Gasteiger partial charge in [0.2, 0.25) is 0 Å². The molecule has 0 saturated heterocycles. The van der Waals surface area contributed by atoms with E-state index in [0.717, 1.165) is 6.54 Å². The lowest BCUT2D eigenvalue weighted by Gasteiger charge is -2.15. The molecule has 1 rings (SSSR count). The summed E-state index contributed by atoms with van der Waals surface area (Å²) in [6, 6.07) is 2.72. The molecule has 15 heavy (non-hydrogen) atoms. The first-order chi connectivity index (χ1) is 7.06. The van der Waals surface area contributed by atoms with Crippen molar-refractivity contribution < 1.29 is 8.78 Å². The zero-order valence-corrected chi connectivity index (χ0v) is 9.27. The Morgan fingerprint density at radius 2 is 1.73 bits per heavy atom. The zero-order valence-electron chi connectivity index (χ0n) is 9.27. The van der Waals surface area contributed by atoms with Gasteiger partial charge < -0.3 is 10.2 Å². The summed E-state index contributed by atoms with van der Waals surface area (Å²) in [4.78, 5) is 1.43. The number of halogens is 2. The Labute approximate surface area is 88.9 Å². The number of nitrogens with one attached hydrogen (secondary N) is 1. The smallest absolute Gasteiger partial charge is 0.149 e. The third kappa shape index (κ3) is 2.89. The fourth-order valence-corrected chi connectivity index (χ4v) is 1.42. The van der Waals surface area contributed by atoms with Crippen molar-refractivity contribution in [3.63, 3.8) is 0 Å². The molecule has 0 saturated carbocycles. The summed E-state index contributed by atoms with van der Waals surface area (Å²) in [6.07, 6.45) is 0. The molecule has 0 aromatic heterocycles. The first-order valence-electron chi connectivity index (χ1n) is 4.92. The van der Waals surface area contributed by atoms with E-state index in [4.69, 9.17) is 0 Å². The van der Waals surface area contributed by atoms with Crippen molar-refractivity contribution in [3.05, 3.63) is 29.3 Å². The van der Waals surface area contributed by atoms with Crippen molar-refractivity contribution in [1.29, 1.82) is 0 Å². The van der Waals surface area contributed by atoms with Crippen LogP contribution in [0.4, 0.5) is 14.5 Å². The summed E-state index contributed by atoms with van der Waals surface area (Å²) < 4.78 is 27.0. The number of nitrogens with zero attached hydrogens (tertiary/aromatic N) is 1. The molecular weight excluding hydrogens is 198 g/mol. The van der Waals surface area contributed by atoms with Gasteiger partial charge >= 0.3 is 0 Å². The largest absolute Gasteiger partial charge is 0.373 e. The molecule has 0 aliphatic heterocycles. The minimum Gasteiger partial charge on any atom is -0.373 e. The molecule has 4 heteroatoms. The molecule has 2 nitrogen and oxygen atoms in total. The molecule has 84 valence electrons. The van der Waals surface area contributed by atoms with Crippen LogP contribution in [0.2, 0.25) is 0 Å². The van der Waals surface area contributed by atoms with Gasteiger partial charge in [-0.3, -0.25) is 0 Å². The molecule has 1 aromatic carbocycles. The number of benzene rings is 1. The number of hydrogen-bond acceptors (Lipinski definition) is 2. The molecule has 0 atom stereocenters. The van der Waals surface area contributed by atoms with Crippen LogP contribution >= 0.6 is 0 Å². The minimum absolute atomic E-state index is 0.00949. The summed E-state index contributed by atoms with van der Waals surface area (Å²) in [6.45, 7) is 3.21. The van der Waals surface area contributed by atoms with Crippen LogP contribution in [0.25, 0.3) is 0 Å². The van der Waals surface area contributed by atoms with Crippen LogP contribution in [0.15, 0.2) is 12.1 Å². The van der Waals surface area contributed by atoms with Crippen molar-refractivity contribution >= 4 is 5.69 Å². The summed E-state index contributed by atoms with van der Waals surface area (Å²) in [5.41, 5.74) is 0.632. The standard InChI is InChI=1S/C11H16F2N2/c1-4-14-7-8-5-9(12)11(15(2)3)10(13)6-8/h5-6,14H,4,7H2,1-3H3. The Balaban J connectivity index is 2.97. The fourth-order valence-electron chi connectivity index (χ4n) is 1.42. The van der Waals surface area contributed by atoms with E-state index in [1.54, 1.807) is 14.1 Å². The number of anilines is 1. The van der Waals surface area contributed by atoms with E-state index in [1.165, 1.54) is 17.0 Å². The molecule has 0 aliphatic rings. The molecule has 0 amide bonds. The van der Waals surface area contributed by atoms with Gasteiger partial charge in [0, 0.05) is 20.6 Å². The normalized spacial score (nSPS) is 10.5. The van der Waals surface area contributed by atoms with Crippen LogP contribution in [-0.4, -0.2) is 20.6 Å². The van der Waals surface area contributed by atoms with Gasteiger partial charge in [-0.1, -0.05) is 6.92 Å². The highest BCUT2D eigenvalue weighted by molar-refractivity contribution is 5.49. The highest BCUT2D eigenvalue weighted by Gasteiger charge is 2.12. The molecule has 1 aromatic rings. The predicted molar refractivity (Wildman–Crippen MR) is 58.1 cm³/mol. The topological polar surface area (TPSA) is 15.3 Å². The molecule has 0 bridgehead atoms. The second-order valence-corrected chi connectivity index (χ2v) is 3.58. The van der Waals surface area contributed by atoms with Crippen LogP contribution < -0.4 is 10.2 Å². The van der Waals surface area contributed by atoms with E-state index in [2.05, 4.69) is 5.32 Å². The first-order valence-corrected chi connectivity index (χ1v) is 4.92. The van der Waals surface area contributed by atoms with Gasteiger partial charge in [0.15, 0.2) is 0 Å². The highest BCUT2D eigenvalue weighted by Crippen LogP contribution is 2.22. The zero-order chi connectivity index (χ0) is 11.4. The average molecular weight is 214 g/mol. The maximum atomic E-state index is 13.5. The summed E-state index contributed by atoms with van der Waals surface area (Å²) in [7, 11) is 3.23. The van der Waals surface area contributed by atoms with Gasteiger partial charge in [-0.2, -0.15) is 0 Å². The van der Waals surface area contributed by atoms with E-state index in [-0.39, 0.29) is 5.69 Å². The minimum atomic E-state index is -0.520. The van der Waals surface area contributed by atoms with Crippen molar-refractivity contribution in [2.24, 2.45) is 0 Å². The SMILES string of the molecule is CCNCc1cc(F)c(N(C)C)c(F)c1. The lowest BCUT2D eigenvalue weighted by atomic mass is 10.1. The Bertz CT molecular complexity index is 314. The van der Waals surface area contributed by atoms with E-state index < -0.39 is 11.6 Å². The maximum absolute atomic E-state index is 13.5. The maximum Gasteiger partial charge on any atom is 0.149 e. The van der Waals surface area contributed by atoms with Crippen molar-refractivity contribution in [1.82, 2.24) is 5.32 Å². The van der Waals surface area contributed by atoms with Gasteiger partial charge in [0.05, 0.1) is 0 Å². The fraction of sp³-hybridized carbons (Fsp3) is 0.455. The summed E-state index contributed by atoms with van der Waals surface area (Å²) in [5, 5.41) is 3.02. The lowest BCUT2D eigenvalue weighted by Crippen LogP contribution is -2.15. The van der Waals surface area contributed by atoms with Crippen LogP contribution in [-0.2, 0) is 6.54 Å². The quantitative estimate of drug-likeness (QED) is 0.826. The van der Waals surface area contributed by atoms with Crippen molar-refractivity contribution in [2.45, 2.75) is 13.5 Å². The predicted octanol–water partition coefficient (Wildman–Crippen LogP) is 2.14. The number of rotatable bonds is 4. The molecular formula is C11H16F2N2. The van der Waals surface area contributed by atoms with Crippen molar-refractivity contribution in [3.8, 4) is 0 Å². The average Bonchev–Trinajstić information content (AvgIpc) is 2.12. The van der Waals surface area contributed by atoms with Crippen LogP contribution in [0, 0.1) is 11.6 Å². The van der Waals surface area contributed by atoms with E-state index in [9.17, 15) is 8.78 Å². The Morgan fingerprint density at radius 3 is 2.13 bits per heavy atom. The van der Waals surface area contributed by atoms with Crippen LogP contribution in [0.3, 0.4) is 0 Å². The molecule has 0 unspecified atom stereocenters. The molecule has 0 heterocycles. The van der Waals surface area contributed by atoms with Gasteiger partial charge in [0.25, 0.3) is 0 Å². The van der Waals surface area contributed by atoms with Gasteiger partial charge in [0.1, 0.15) is 17.3 Å². The molecule has 0 fully saturated rings. The second-order valence-electron chi connectivity index (χ2n) is 3.58. The Morgan fingerprint density at radius 1 is 1.20 bits per heavy atom. The van der Waals surface area contributed by atoms with E-state index >= 15 is 0 Å². The third-order valence-electron chi connectivity index (χ3n) is 2.10. The van der Waals surface area contributed by atoms with Gasteiger partial charge in [-0.05, 0) is 24.2 Å². The van der Waals surface area contributed by atoms with E-state index in [0.29, 0.717) is 12.1 Å². The summed E-state index contributed by atoms with van der Waals surface area (Å²) in [5.74, 6) is -1.04. The molecule has 0 spiro atoms. The van der Waals surface area contributed by atoms with Gasteiger partial charge in [-0.25, -0.2) is 8.78 Å². The molecule has 0 radical (unpaired) electrons. The summed E-state index contributed by atoms with van der Waals surface area (Å²) >= 11 is 0.